The van der Waals surface area contributed by atoms with Gasteiger partial charge in [-0.15, -0.1) is 0 Å². The second-order valence-corrected chi connectivity index (χ2v) is 2.32. The van der Waals surface area contributed by atoms with Crippen molar-refractivity contribution < 1.29 is 14.4 Å². The number of carbonyl (C=O) groups excluding carboxylic acids is 2. The molecule has 0 aliphatic heterocycles. The van der Waals surface area contributed by atoms with Crippen LogP contribution < -0.4 is 21.6 Å². The third kappa shape index (κ3) is 2.76. The maximum atomic E-state index is 10.8. The molecule has 0 fully saturated rings. The third-order valence-corrected chi connectivity index (χ3v) is 1.34. The molecule has 0 aliphatic carbocycles. The minimum absolute atomic E-state index is 0.422. The van der Waals surface area contributed by atoms with E-state index >= 15 is 0 Å². The Morgan fingerprint density at radius 2 is 1.79 bits per heavy atom. The average molecular weight is 195 g/mol. The molecular weight excluding hydrogens is 186 g/mol. The molecular formula is C8H9N3O3. The van der Waals surface area contributed by atoms with E-state index in [9.17, 15) is 9.59 Å². The van der Waals surface area contributed by atoms with Crippen LogP contribution in [0.25, 0.3) is 0 Å². The molecule has 6 nitrogen and oxygen atoms in total. The van der Waals surface area contributed by atoms with Crippen LogP contribution in [-0.2, 0) is 9.59 Å². The van der Waals surface area contributed by atoms with Crippen molar-refractivity contribution in [3.63, 3.8) is 0 Å². The first-order valence-corrected chi connectivity index (χ1v) is 3.77. The van der Waals surface area contributed by atoms with Crippen molar-refractivity contribution >= 4 is 11.8 Å². The van der Waals surface area contributed by atoms with Crippen LogP contribution in [0.3, 0.4) is 0 Å². The van der Waals surface area contributed by atoms with Crippen molar-refractivity contribution in [3.8, 4) is 5.75 Å². The highest BCUT2D eigenvalue weighted by Gasteiger charge is 2.11. The van der Waals surface area contributed by atoms with Gasteiger partial charge in [-0.1, -0.05) is 18.2 Å². The minimum Gasteiger partial charge on any atom is -0.379 e. The zero-order chi connectivity index (χ0) is 10.4. The predicted octanol–water partition coefficient (Wildman–Crippen LogP) is -0.913. The molecule has 0 aliphatic rings. The van der Waals surface area contributed by atoms with Gasteiger partial charge in [0, 0.05) is 0 Å². The summed E-state index contributed by atoms with van der Waals surface area (Å²) in [6, 6.07) is 8.50. The van der Waals surface area contributed by atoms with Gasteiger partial charge in [-0.25, -0.2) is 5.84 Å². The molecule has 6 heteroatoms. The number of hydroxylamine groups is 1. The largest absolute Gasteiger partial charge is 0.379 e. The summed E-state index contributed by atoms with van der Waals surface area (Å²) in [7, 11) is 0. The molecule has 0 saturated heterocycles. The van der Waals surface area contributed by atoms with Crippen LogP contribution in [0, 0.1) is 0 Å². The number of para-hydroxylation sites is 1. The SMILES string of the molecule is NNC(=O)C(=O)NOc1ccccc1. The molecule has 0 saturated carbocycles. The fourth-order valence-electron chi connectivity index (χ4n) is 0.706. The molecule has 0 atom stereocenters. The Labute approximate surface area is 80.0 Å². The molecule has 0 unspecified atom stereocenters. The number of hydrogen-bond donors (Lipinski definition) is 3. The van der Waals surface area contributed by atoms with E-state index in [1.165, 1.54) is 0 Å². The summed E-state index contributed by atoms with van der Waals surface area (Å²) in [5.74, 6) is 3.21. The monoisotopic (exact) mass is 195 g/mol. The molecule has 0 radical (unpaired) electrons. The van der Waals surface area contributed by atoms with Crippen LogP contribution >= 0.6 is 0 Å². The lowest BCUT2D eigenvalue weighted by Crippen LogP contribution is -2.44. The van der Waals surface area contributed by atoms with Gasteiger partial charge in [0.1, 0.15) is 0 Å². The minimum atomic E-state index is -0.971. The Bertz CT molecular complexity index is 326. The van der Waals surface area contributed by atoms with Crippen molar-refractivity contribution in [1.82, 2.24) is 10.9 Å². The van der Waals surface area contributed by atoms with Crippen LogP contribution in [0.4, 0.5) is 0 Å². The Morgan fingerprint density at radius 3 is 2.36 bits per heavy atom. The second kappa shape index (κ2) is 4.83. The average Bonchev–Trinajstić information content (AvgIpc) is 2.26. The summed E-state index contributed by atoms with van der Waals surface area (Å²) < 4.78 is 0. The normalized spacial score (nSPS) is 8.93. The molecule has 4 N–H and O–H groups in total. The predicted molar refractivity (Wildman–Crippen MR) is 47.5 cm³/mol. The summed E-state index contributed by atoms with van der Waals surface area (Å²) in [6.45, 7) is 0. The molecule has 0 aromatic heterocycles. The van der Waals surface area contributed by atoms with Gasteiger partial charge >= 0.3 is 11.8 Å². The molecule has 0 spiro atoms. The first-order valence-electron chi connectivity index (χ1n) is 3.77. The fourth-order valence-corrected chi connectivity index (χ4v) is 0.706. The number of nitrogens with two attached hydrogens (primary N) is 1. The van der Waals surface area contributed by atoms with E-state index in [-0.39, 0.29) is 0 Å². The van der Waals surface area contributed by atoms with E-state index in [0.717, 1.165) is 0 Å². The van der Waals surface area contributed by atoms with Crippen molar-refractivity contribution in [1.29, 1.82) is 0 Å². The van der Waals surface area contributed by atoms with E-state index in [2.05, 4.69) is 0 Å². The van der Waals surface area contributed by atoms with Crippen LogP contribution in [-0.4, -0.2) is 11.8 Å². The van der Waals surface area contributed by atoms with Crippen molar-refractivity contribution in [3.05, 3.63) is 30.3 Å². The van der Waals surface area contributed by atoms with Gasteiger partial charge in [0.2, 0.25) is 0 Å². The first kappa shape index (κ1) is 10.0. The fraction of sp³-hybridized carbons (Fsp3) is 0. The Balaban J connectivity index is 2.42. The zero-order valence-corrected chi connectivity index (χ0v) is 7.19. The van der Waals surface area contributed by atoms with Gasteiger partial charge in [-0.05, 0) is 12.1 Å². The number of hydrazine groups is 1. The molecule has 1 rings (SSSR count). The molecule has 74 valence electrons. The van der Waals surface area contributed by atoms with Gasteiger partial charge in [-0.2, -0.15) is 5.48 Å². The Hall–Kier alpha value is -2.08. The maximum absolute atomic E-state index is 10.8. The topological polar surface area (TPSA) is 93.5 Å². The van der Waals surface area contributed by atoms with E-state index in [1.54, 1.807) is 35.8 Å². The van der Waals surface area contributed by atoms with Crippen LogP contribution in [0.1, 0.15) is 0 Å². The lowest BCUT2D eigenvalue weighted by Gasteiger charge is -2.04. The van der Waals surface area contributed by atoms with Gasteiger partial charge in [0.05, 0.1) is 0 Å². The maximum Gasteiger partial charge on any atom is 0.343 e. The van der Waals surface area contributed by atoms with Crippen LogP contribution in [0.15, 0.2) is 30.3 Å². The number of hydrogen-bond acceptors (Lipinski definition) is 4. The molecule has 1 aromatic carbocycles. The molecule has 0 heterocycles. The van der Waals surface area contributed by atoms with E-state index in [4.69, 9.17) is 10.7 Å². The van der Waals surface area contributed by atoms with Gasteiger partial charge < -0.3 is 4.84 Å². The van der Waals surface area contributed by atoms with E-state index < -0.39 is 11.8 Å². The number of amides is 2. The van der Waals surface area contributed by atoms with Crippen LogP contribution in [0.5, 0.6) is 5.75 Å². The third-order valence-electron chi connectivity index (χ3n) is 1.34. The number of nitrogens with one attached hydrogen (secondary N) is 2. The molecule has 2 amide bonds. The Kier molecular flexibility index (Phi) is 3.45. The first-order chi connectivity index (χ1) is 6.74. The van der Waals surface area contributed by atoms with Crippen molar-refractivity contribution in [2.75, 3.05) is 0 Å². The second-order valence-electron chi connectivity index (χ2n) is 2.32. The smallest absolute Gasteiger partial charge is 0.343 e. The summed E-state index contributed by atoms with van der Waals surface area (Å²) in [4.78, 5) is 26.2. The van der Waals surface area contributed by atoms with E-state index in [1.807, 2.05) is 5.48 Å². The highest BCUT2D eigenvalue weighted by atomic mass is 16.7. The summed E-state index contributed by atoms with van der Waals surface area (Å²) in [6.07, 6.45) is 0. The van der Waals surface area contributed by atoms with Crippen molar-refractivity contribution in [2.24, 2.45) is 5.84 Å². The summed E-state index contributed by atoms with van der Waals surface area (Å²) in [5, 5.41) is 0. The highest BCUT2D eigenvalue weighted by molar-refractivity contribution is 6.34. The van der Waals surface area contributed by atoms with Gasteiger partial charge in [0.15, 0.2) is 5.75 Å². The summed E-state index contributed by atoms with van der Waals surface area (Å²) in [5.41, 5.74) is 3.59. The van der Waals surface area contributed by atoms with Gasteiger partial charge in [0.25, 0.3) is 0 Å². The molecule has 14 heavy (non-hydrogen) atoms. The quantitative estimate of drug-likeness (QED) is 0.246. The lowest BCUT2D eigenvalue weighted by molar-refractivity contribution is -0.143. The van der Waals surface area contributed by atoms with Gasteiger partial charge in [-0.3, -0.25) is 15.0 Å². The number of carbonyl (C=O) groups is 2. The summed E-state index contributed by atoms with van der Waals surface area (Å²) >= 11 is 0. The standard InChI is InChI=1S/C8H9N3O3/c9-10-7(12)8(13)11-14-6-4-2-1-3-5-6/h1-5H,9H2,(H,10,12)(H,11,13). The number of benzene rings is 1. The molecule has 1 aromatic rings. The zero-order valence-electron chi connectivity index (χ0n) is 7.19. The number of rotatable bonds is 2. The van der Waals surface area contributed by atoms with Crippen molar-refractivity contribution in [2.45, 2.75) is 0 Å². The lowest BCUT2D eigenvalue weighted by atomic mass is 10.3. The Morgan fingerprint density at radius 1 is 1.14 bits per heavy atom. The highest BCUT2D eigenvalue weighted by Crippen LogP contribution is 2.05. The molecule has 0 bridgehead atoms. The van der Waals surface area contributed by atoms with Crippen LogP contribution in [0.2, 0.25) is 0 Å². The van der Waals surface area contributed by atoms with E-state index in [0.29, 0.717) is 5.75 Å².